The SMILES string of the molecule is Cc1ccc(CO)c(C)c1OCc1ccccc1. The number of aliphatic hydroxyl groups excluding tert-OH is 1. The molecule has 0 aliphatic rings. The van der Waals surface area contributed by atoms with Crippen LogP contribution in [-0.4, -0.2) is 5.11 Å². The summed E-state index contributed by atoms with van der Waals surface area (Å²) in [4.78, 5) is 0. The molecule has 0 unspecified atom stereocenters. The Labute approximate surface area is 108 Å². The molecule has 0 aliphatic heterocycles. The Hall–Kier alpha value is -1.80. The third kappa shape index (κ3) is 2.71. The minimum absolute atomic E-state index is 0.0494. The molecule has 18 heavy (non-hydrogen) atoms. The smallest absolute Gasteiger partial charge is 0.125 e. The molecule has 0 aromatic heterocycles. The van der Waals surface area contributed by atoms with Gasteiger partial charge in [-0.15, -0.1) is 0 Å². The predicted octanol–water partition coefficient (Wildman–Crippen LogP) is 3.37. The lowest BCUT2D eigenvalue weighted by Gasteiger charge is -2.14. The van der Waals surface area contributed by atoms with Crippen LogP contribution in [0, 0.1) is 13.8 Å². The summed E-state index contributed by atoms with van der Waals surface area (Å²) >= 11 is 0. The minimum Gasteiger partial charge on any atom is -0.488 e. The zero-order valence-corrected chi connectivity index (χ0v) is 10.8. The third-order valence-electron chi connectivity index (χ3n) is 3.11. The van der Waals surface area contributed by atoms with Crippen molar-refractivity contribution in [1.29, 1.82) is 0 Å². The van der Waals surface area contributed by atoms with Crippen LogP contribution in [0.25, 0.3) is 0 Å². The van der Waals surface area contributed by atoms with Gasteiger partial charge in [0.25, 0.3) is 0 Å². The van der Waals surface area contributed by atoms with Gasteiger partial charge in [0.05, 0.1) is 6.61 Å². The number of benzene rings is 2. The van der Waals surface area contributed by atoms with Gasteiger partial charge in [-0.3, -0.25) is 0 Å². The summed E-state index contributed by atoms with van der Waals surface area (Å²) in [5, 5.41) is 9.26. The first kappa shape index (κ1) is 12.7. The maximum absolute atomic E-state index is 9.26. The van der Waals surface area contributed by atoms with E-state index in [1.165, 1.54) is 0 Å². The van der Waals surface area contributed by atoms with Gasteiger partial charge in [0.2, 0.25) is 0 Å². The lowest BCUT2D eigenvalue weighted by atomic mass is 10.0. The number of rotatable bonds is 4. The molecule has 0 atom stereocenters. The van der Waals surface area contributed by atoms with Crippen LogP contribution in [0.3, 0.4) is 0 Å². The molecule has 0 radical (unpaired) electrons. The highest BCUT2D eigenvalue weighted by Crippen LogP contribution is 2.27. The van der Waals surface area contributed by atoms with Crippen LogP contribution in [-0.2, 0) is 13.2 Å². The molecule has 2 rings (SSSR count). The van der Waals surface area contributed by atoms with Crippen LogP contribution in [0.15, 0.2) is 42.5 Å². The second-order valence-corrected chi connectivity index (χ2v) is 4.43. The monoisotopic (exact) mass is 242 g/mol. The zero-order valence-electron chi connectivity index (χ0n) is 10.8. The maximum Gasteiger partial charge on any atom is 0.125 e. The quantitative estimate of drug-likeness (QED) is 0.890. The molecule has 2 heteroatoms. The summed E-state index contributed by atoms with van der Waals surface area (Å²) in [5.41, 5.74) is 4.18. The molecule has 94 valence electrons. The highest BCUT2D eigenvalue weighted by Gasteiger charge is 2.08. The average Bonchev–Trinajstić information content (AvgIpc) is 2.40. The molecule has 0 heterocycles. The summed E-state index contributed by atoms with van der Waals surface area (Å²) in [5.74, 6) is 0.880. The molecule has 0 spiro atoms. The Kier molecular flexibility index (Phi) is 4.00. The van der Waals surface area contributed by atoms with Gasteiger partial charge in [-0.2, -0.15) is 0 Å². The van der Waals surface area contributed by atoms with Crippen LogP contribution in [0.1, 0.15) is 22.3 Å². The molecular weight excluding hydrogens is 224 g/mol. The molecule has 2 aromatic carbocycles. The van der Waals surface area contributed by atoms with Crippen LogP contribution in [0.5, 0.6) is 5.75 Å². The molecule has 0 aliphatic carbocycles. The second-order valence-electron chi connectivity index (χ2n) is 4.43. The molecular formula is C16H18O2. The lowest BCUT2D eigenvalue weighted by Crippen LogP contribution is -2.01. The van der Waals surface area contributed by atoms with Gasteiger partial charge in [0.1, 0.15) is 12.4 Å². The number of aryl methyl sites for hydroxylation is 1. The second kappa shape index (κ2) is 5.69. The maximum atomic E-state index is 9.26. The van der Waals surface area contributed by atoms with E-state index in [0.29, 0.717) is 6.61 Å². The highest BCUT2D eigenvalue weighted by molar-refractivity contribution is 5.45. The first-order valence-electron chi connectivity index (χ1n) is 6.09. The number of hydrogen-bond donors (Lipinski definition) is 1. The van der Waals surface area contributed by atoms with Gasteiger partial charge >= 0.3 is 0 Å². The van der Waals surface area contributed by atoms with E-state index in [-0.39, 0.29) is 6.61 Å². The molecule has 2 nitrogen and oxygen atoms in total. The van der Waals surface area contributed by atoms with Crippen molar-refractivity contribution in [3.05, 3.63) is 64.7 Å². The van der Waals surface area contributed by atoms with Gasteiger partial charge in [0, 0.05) is 0 Å². The van der Waals surface area contributed by atoms with Crippen molar-refractivity contribution in [3.8, 4) is 5.75 Å². The van der Waals surface area contributed by atoms with Crippen LogP contribution in [0.4, 0.5) is 0 Å². The van der Waals surface area contributed by atoms with Crippen molar-refractivity contribution in [3.63, 3.8) is 0 Å². The predicted molar refractivity (Wildman–Crippen MR) is 72.6 cm³/mol. The third-order valence-corrected chi connectivity index (χ3v) is 3.11. The van der Waals surface area contributed by atoms with Gasteiger partial charge in [-0.1, -0.05) is 42.5 Å². The van der Waals surface area contributed by atoms with Crippen molar-refractivity contribution >= 4 is 0 Å². The van der Waals surface area contributed by atoms with E-state index < -0.39 is 0 Å². The first-order valence-corrected chi connectivity index (χ1v) is 6.09. The normalized spacial score (nSPS) is 10.4. The van der Waals surface area contributed by atoms with E-state index in [0.717, 1.165) is 28.0 Å². The summed E-state index contributed by atoms with van der Waals surface area (Å²) in [6.45, 7) is 4.61. The fourth-order valence-electron chi connectivity index (χ4n) is 1.99. The lowest BCUT2D eigenvalue weighted by molar-refractivity contribution is 0.275. The average molecular weight is 242 g/mol. The van der Waals surface area contributed by atoms with E-state index >= 15 is 0 Å². The highest BCUT2D eigenvalue weighted by atomic mass is 16.5. The van der Waals surface area contributed by atoms with Gasteiger partial charge in [-0.25, -0.2) is 0 Å². The Morgan fingerprint density at radius 3 is 2.39 bits per heavy atom. The van der Waals surface area contributed by atoms with Crippen LogP contribution in [0.2, 0.25) is 0 Å². The summed E-state index contributed by atoms with van der Waals surface area (Å²) in [7, 11) is 0. The van der Waals surface area contributed by atoms with Crippen molar-refractivity contribution in [2.45, 2.75) is 27.1 Å². The fourth-order valence-corrected chi connectivity index (χ4v) is 1.99. The topological polar surface area (TPSA) is 29.5 Å². The van der Waals surface area contributed by atoms with Gasteiger partial charge in [0.15, 0.2) is 0 Å². The Morgan fingerprint density at radius 1 is 1.00 bits per heavy atom. The molecule has 0 bridgehead atoms. The molecule has 1 N–H and O–H groups in total. The van der Waals surface area contributed by atoms with E-state index in [4.69, 9.17) is 4.74 Å². The van der Waals surface area contributed by atoms with Crippen molar-refractivity contribution in [2.24, 2.45) is 0 Å². The van der Waals surface area contributed by atoms with Gasteiger partial charge in [-0.05, 0) is 36.1 Å². The van der Waals surface area contributed by atoms with Crippen molar-refractivity contribution < 1.29 is 9.84 Å². The summed E-state index contributed by atoms with van der Waals surface area (Å²) in [6, 6.07) is 14.0. The number of ether oxygens (including phenoxy) is 1. The molecule has 0 saturated heterocycles. The summed E-state index contributed by atoms with van der Waals surface area (Å²) in [6.07, 6.45) is 0. The molecule has 2 aromatic rings. The molecule has 0 fully saturated rings. The Bertz CT molecular complexity index is 518. The number of hydrogen-bond acceptors (Lipinski definition) is 2. The van der Waals surface area contributed by atoms with Crippen LogP contribution >= 0.6 is 0 Å². The summed E-state index contributed by atoms with van der Waals surface area (Å²) < 4.78 is 5.88. The largest absolute Gasteiger partial charge is 0.488 e. The Morgan fingerprint density at radius 2 is 1.72 bits per heavy atom. The molecule has 0 amide bonds. The van der Waals surface area contributed by atoms with Gasteiger partial charge < -0.3 is 9.84 Å². The number of aliphatic hydroxyl groups is 1. The van der Waals surface area contributed by atoms with E-state index in [9.17, 15) is 5.11 Å². The Balaban J connectivity index is 2.19. The van der Waals surface area contributed by atoms with E-state index in [1.54, 1.807) is 0 Å². The standard InChI is InChI=1S/C16H18O2/c1-12-8-9-15(10-17)13(2)16(12)18-11-14-6-4-3-5-7-14/h3-9,17H,10-11H2,1-2H3. The van der Waals surface area contributed by atoms with E-state index in [1.807, 2.05) is 56.3 Å². The zero-order chi connectivity index (χ0) is 13.0. The fraction of sp³-hybridized carbons (Fsp3) is 0.250. The minimum atomic E-state index is 0.0494. The van der Waals surface area contributed by atoms with Crippen LogP contribution < -0.4 is 4.74 Å². The first-order chi connectivity index (χ1) is 8.72. The van der Waals surface area contributed by atoms with Crippen molar-refractivity contribution in [2.75, 3.05) is 0 Å². The molecule has 0 saturated carbocycles. The van der Waals surface area contributed by atoms with E-state index in [2.05, 4.69) is 0 Å². The van der Waals surface area contributed by atoms with Crippen molar-refractivity contribution in [1.82, 2.24) is 0 Å².